The summed E-state index contributed by atoms with van der Waals surface area (Å²) < 4.78 is 5.31. The maximum absolute atomic E-state index is 11.4. The molecule has 3 rings (SSSR count). The third kappa shape index (κ3) is 2.79. The molecule has 0 amide bonds. The van der Waals surface area contributed by atoms with Crippen LogP contribution in [-0.2, 0) is 4.79 Å². The zero-order valence-electron chi connectivity index (χ0n) is 11.8. The number of aryl methyl sites for hydroxylation is 1. The van der Waals surface area contributed by atoms with Crippen LogP contribution in [0, 0.1) is 12.8 Å². The van der Waals surface area contributed by atoms with E-state index in [1.165, 1.54) is 0 Å². The average Bonchev–Trinajstić information content (AvgIpc) is 2.97. The van der Waals surface area contributed by atoms with E-state index in [1.54, 1.807) is 6.20 Å². The van der Waals surface area contributed by atoms with Gasteiger partial charge in [0.2, 0.25) is 11.7 Å². The Morgan fingerprint density at radius 3 is 2.95 bits per heavy atom. The number of aliphatic carboxylic acids is 1. The first kappa shape index (κ1) is 13.7. The molecule has 0 aromatic carbocycles. The Balaban J connectivity index is 1.88. The van der Waals surface area contributed by atoms with E-state index >= 15 is 0 Å². The molecule has 1 N–H and O–H groups in total. The largest absolute Gasteiger partial charge is 0.481 e. The van der Waals surface area contributed by atoms with E-state index in [-0.39, 0.29) is 5.92 Å². The summed E-state index contributed by atoms with van der Waals surface area (Å²) in [5, 5.41) is 13.3. The van der Waals surface area contributed by atoms with Crippen LogP contribution in [0.2, 0.25) is 0 Å². The van der Waals surface area contributed by atoms with E-state index in [9.17, 15) is 9.90 Å². The van der Waals surface area contributed by atoms with Gasteiger partial charge in [0.05, 0.1) is 11.8 Å². The lowest BCUT2D eigenvalue weighted by molar-refractivity contribution is -0.143. The summed E-state index contributed by atoms with van der Waals surface area (Å²) in [6.07, 6.45) is 5.07. The molecule has 1 saturated carbocycles. The van der Waals surface area contributed by atoms with Gasteiger partial charge in [0.25, 0.3) is 0 Å². The summed E-state index contributed by atoms with van der Waals surface area (Å²) in [6.45, 7) is 1.97. The van der Waals surface area contributed by atoms with Crippen molar-refractivity contribution >= 4 is 5.97 Å². The Morgan fingerprint density at radius 1 is 1.38 bits per heavy atom. The minimum absolute atomic E-state index is 0.192. The Kier molecular flexibility index (Phi) is 3.68. The van der Waals surface area contributed by atoms with Crippen LogP contribution in [0.1, 0.15) is 43.1 Å². The van der Waals surface area contributed by atoms with Crippen molar-refractivity contribution in [2.45, 2.75) is 38.5 Å². The number of hydrogen-bond acceptors (Lipinski definition) is 5. The van der Waals surface area contributed by atoms with E-state index in [2.05, 4.69) is 15.1 Å². The van der Waals surface area contributed by atoms with Crippen molar-refractivity contribution in [2.24, 2.45) is 5.92 Å². The topological polar surface area (TPSA) is 89.1 Å². The van der Waals surface area contributed by atoms with Crippen molar-refractivity contribution in [1.82, 2.24) is 15.1 Å². The zero-order chi connectivity index (χ0) is 14.8. The van der Waals surface area contributed by atoms with Gasteiger partial charge in [0, 0.05) is 6.20 Å². The van der Waals surface area contributed by atoms with Crippen LogP contribution in [-0.4, -0.2) is 26.2 Å². The number of aromatic nitrogens is 3. The number of pyridine rings is 1. The molecule has 6 nitrogen and oxygen atoms in total. The fraction of sp³-hybridized carbons (Fsp3) is 0.467. The van der Waals surface area contributed by atoms with Gasteiger partial charge in [-0.1, -0.05) is 18.0 Å². The first-order valence-corrected chi connectivity index (χ1v) is 7.14. The molecular weight excluding hydrogens is 270 g/mol. The van der Waals surface area contributed by atoms with Crippen LogP contribution < -0.4 is 0 Å². The molecule has 2 heterocycles. The fourth-order valence-corrected chi connectivity index (χ4v) is 2.87. The van der Waals surface area contributed by atoms with Crippen LogP contribution in [0.5, 0.6) is 0 Å². The van der Waals surface area contributed by atoms with Crippen molar-refractivity contribution < 1.29 is 14.4 Å². The van der Waals surface area contributed by atoms with Gasteiger partial charge in [-0.2, -0.15) is 4.98 Å². The van der Waals surface area contributed by atoms with Crippen molar-refractivity contribution in [3.05, 3.63) is 29.8 Å². The lowest BCUT2D eigenvalue weighted by atomic mass is 9.79. The van der Waals surface area contributed by atoms with Crippen molar-refractivity contribution in [2.75, 3.05) is 0 Å². The molecule has 2 aromatic rings. The smallest absolute Gasteiger partial charge is 0.307 e. The van der Waals surface area contributed by atoms with Crippen LogP contribution in [0.25, 0.3) is 11.5 Å². The van der Waals surface area contributed by atoms with Gasteiger partial charge in [-0.25, -0.2) is 0 Å². The molecular formula is C15H17N3O3. The molecule has 1 aliphatic rings. The number of hydrogen-bond donors (Lipinski definition) is 1. The van der Waals surface area contributed by atoms with Gasteiger partial charge in [0.1, 0.15) is 5.69 Å². The summed E-state index contributed by atoms with van der Waals surface area (Å²) in [4.78, 5) is 20.0. The lowest BCUT2D eigenvalue weighted by Gasteiger charge is -2.25. The van der Waals surface area contributed by atoms with E-state index in [1.807, 2.05) is 19.1 Å². The number of nitrogens with zero attached hydrogens (tertiary/aromatic N) is 3. The van der Waals surface area contributed by atoms with Crippen molar-refractivity contribution in [3.63, 3.8) is 0 Å². The maximum Gasteiger partial charge on any atom is 0.307 e. The Morgan fingerprint density at radius 2 is 2.19 bits per heavy atom. The van der Waals surface area contributed by atoms with Gasteiger partial charge in [0.15, 0.2) is 0 Å². The summed E-state index contributed by atoms with van der Waals surface area (Å²) in [7, 11) is 0. The first-order chi connectivity index (χ1) is 10.1. The normalized spacial score (nSPS) is 22.1. The summed E-state index contributed by atoms with van der Waals surface area (Å²) >= 11 is 0. The highest BCUT2D eigenvalue weighted by molar-refractivity contribution is 5.71. The number of carboxylic acid groups (broad SMARTS) is 1. The van der Waals surface area contributed by atoms with Gasteiger partial charge < -0.3 is 9.63 Å². The second-order valence-corrected chi connectivity index (χ2v) is 5.51. The van der Waals surface area contributed by atoms with E-state index < -0.39 is 11.9 Å². The predicted molar refractivity (Wildman–Crippen MR) is 74.6 cm³/mol. The lowest BCUT2D eigenvalue weighted by Crippen LogP contribution is -2.25. The summed E-state index contributed by atoms with van der Waals surface area (Å²) in [5.41, 5.74) is 1.71. The summed E-state index contributed by atoms with van der Waals surface area (Å²) in [5.74, 6) is -0.572. The van der Waals surface area contributed by atoms with Gasteiger partial charge in [-0.05, 0) is 37.5 Å². The highest BCUT2D eigenvalue weighted by atomic mass is 16.5. The van der Waals surface area contributed by atoms with Crippen LogP contribution in [0.3, 0.4) is 0 Å². The zero-order valence-corrected chi connectivity index (χ0v) is 11.8. The summed E-state index contributed by atoms with van der Waals surface area (Å²) in [6, 6.07) is 3.77. The van der Waals surface area contributed by atoms with Crippen LogP contribution in [0.15, 0.2) is 22.9 Å². The molecule has 2 atom stereocenters. The molecule has 1 aliphatic carbocycles. The Bertz CT molecular complexity index is 653. The molecule has 110 valence electrons. The number of carboxylic acids is 1. The molecule has 2 aromatic heterocycles. The molecule has 0 bridgehead atoms. The average molecular weight is 287 g/mol. The first-order valence-electron chi connectivity index (χ1n) is 7.14. The number of carbonyl (C=O) groups is 1. The predicted octanol–water partition coefficient (Wildman–Crippen LogP) is 2.80. The van der Waals surface area contributed by atoms with Gasteiger partial charge in [-0.3, -0.25) is 9.78 Å². The van der Waals surface area contributed by atoms with Gasteiger partial charge in [-0.15, -0.1) is 0 Å². The molecule has 0 radical (unpaired) electrons. The second-order valence-electron chi connectivity index (χ2n) is 5.51. The highest BCUT2D eigenvalue weighted by Crippen LogP contribution is 2.37. The molecule has 2 unspecified atom stereocenters. The van der Waals surface area contributed by atoms with E-state index in [4.69, 9.17) is 4.52 Å². The maximum atomic E-state index is 11.4. The SMILES string of the molecule is Cc1ccnc(-c2noc(C3CCCCC3C(=O)O)n2)c1. The second kappa shape index (κ2) is 5.63. The highest BCUT2D eigenvalue weighted by Gasteiger charge is 2.35. The third-order valence-electron chi connectivity index (χ3n) is 3.99. The fourth-order valence-electron chi connectivity index (χ4n) is 2.87. The molecule has 0 aliphatic heterocycles. The minimum Gasteiger partial charge on any atom is -0.481 e. The van der Waals surface area contributed by atoms with Crippen LogP contribution >= 0.6 is 0 Å². The Hall–Kier alpha value is -2.24. The third-order valence-corrected chi connectivity index (χ3v) is 3.99. The monoisotopic (exact) mass is 287 g/mol. The number of rotatable bonds is 3. The van der Waals surface area contributed by atoms with Crippen molar-refractivity contribution in [3.8, 4) is 11.5 Å². The standard InChI is InChI=1S/C15H17N3O3/c1-9-6-7-16-12(8-9)13-17-14(21-18-13)10-4-2-3-5-11(10)15(19)20/h6-8,10-11H,2-5H2,1H3,(H,19,20). The minimum atomic E-state index is -0.784. The van der Waals surface area contributed by atoms with E-state index in [0.717, 1.165) is 24.8 Å². The molecule has 0 saturated heterocycles. The van der Waals surface area contributed by atoms with E-state index in [0.29, 0.717) is 23.8 Å². The van der Waals surface area contributed by atoms with Gasteiger partial charge >= 0.3 is 5.97 Å². The van der Waals surface area contributed by atoms with Crippen LogP contribution in [0.4, 0.5) is 0 Å². The molecule has 21 heavy (non-hydrogen) atoms. The molecule has 0 spiro atoms. The van der Waals surface area contributed by atoms with Crippen molar-refractivity contribution in [1.29, 1.82) is 0 Å². The quantitative estimate of drug-likeness (QED) is 0.933. The molecule has 1 fully saturated rings. The Labute approximate surface area is 122 Å². The molecule has 6 heteroatoms.